The van der Waals surface area contributed by atoms with E-state index in [4.69, 9.17) is 0 Å². The molecule has 0 N–H and O–H groups in total. The smallest absolute Gasteiger partial charge is 0.127 e. The predicted octanol–water partition coefficient (Wildman–Crippen LogP) is 5.04. The molecule has 2 bridgehead atoms. The Morgan fingerprint density at radius 3 is 2.26 bits per heavy atom. The van der Waals surface area contributed by atoms with Gasteiger partial charge in [0.05, 0.1) is 0 Å². The van der Waals surface area contributed by atoms with Crippen LogP contribution >= 0.6 is 0 Å². The fourth-order valence-electron chi connectivity index (χ4n) is 4.47. The SMILES string of the molecule is Cc1ccc(C2C[C@H]3CC[C@@H](C2)N3Cc2ccccc2F)cc1. The summed E-state index contributed by atoms with van der Waals surface area (Å²) in [5.74, 6) is 0.609. The van der Waals surface area contributed by atoms with Crippen LogP contribution in [0.25, 0.3) is 0 Å². The number of fused-ring (bicyclic) bond motifs is 2. The zero-order valence-corrected chi connectivity index (χ0v) is 13.7. The Labute approximate surface area is 138 Å². The number of benzene rings is 2. The van der Waals surface area contributed by atoms with E-state index < -0.39 is 0 Å². The van der Waals surface area contributed by atoms with E-state index in [1.54, 1.807) is 12.1 Å². The lowest BCUT2D eigenvalue weighted by Gasteiger charge is -2.39. The molecule has 3 atom stereocenters. The lowest BCUT2D eigenvalue weighted by atomic mass is 9.84. The van der Waals surface area contributed by atoms with E-state index in [1.165, 1.54) is 36.8 Å². The molecule has 2 aliphatic rings. The number of nitrogens with zero attached hydrogens (tertiary/aromatic N) is 1. The Kier molecular flexibility index (Phi) is 3.94. The van der Waals surface area contributed by atoms with Crippen molar-refractivity contribution in [3.05, 3.63) is 71.0 Å². The summed E-state index contributed by atoms with van der Waals surface area (Å²) in [6.07, 6.45) is 4.96. The predicted molar refractivity (Wildman–Crippen MR) is 91.9 cm³/mol. The van der Waals surface area contributed by atoms with E-state index in [1.807, 2.05) is 12.1 Å². The molecule has 2 fully saturated rings. The molecule has 2 heterocycles. The van der Waals surface area contributed by atoms with Crippen molar-refractivity contribution < 1.29 is 4.39 Å². The highest BCUT2D eigenvalue weighted by molar-refractivity contribution is 5.26. The van der Waals surface area contributed by atoms with Crippen LogP contribution in [0.4, 0.5) is 4.39 Å². The molecule has 1 nitrogen and oxygen atoms in total. The molecule has 0 aromatic heterocycles. The van der Waals surface area contributed by atoms with Gasteiger partial charge in [0.1, 0.15) is 5.82 Å². The Hall–Kier alpha value is -1.67. The third kappa shape index (κ3) is 2.92. The number of piperidine rings is 1. The molecule has 2 aromatic rings. The lowest BCUT2D eigenvalue weighted by Crippen LogP contribution is -2.41. The van der Waals surface area contributed by atoms with Crippen molar-refractivity contribution in [1.82, 2.24) is 4.90 Å². The van der Waals surface area contributed by atoms with Crippen LogP contribution in [0.1, 0.15) is 48.3 Å². The van der Waals surface area contributed by atoms with Gasteiger partial charge in [0, 0.05) is 24.2 Å². The number of rotatable bonds is 3. The highest BCUT2D eigenvalue weighted by atomic mass is 19.1. The number of hydrogen-bond acceptors (Lipinski definition) is 1. The largest absolute Gasteiger partial charge is 0.293 e. The first-order chi connectivity index (χ1) is 11.2. The zero-order chi connectivity index (χ0) is 15.8. The molecular formula is C21H24FN. The molecule has 0 saturated carbocycles. The van der Waals surface area contributed by atoms with Crippen LogP contribution in [0.2, 0.25) is 0 Å². The first kappa shape index (κ1) is 14.9. The van der Waals surface area contributed by atoms with Crippen LogP contribution in [0.15, 0.2) is 48.5 Å². The van der Waals surface area contributed by atoms with Crippen molar-refractivity contribution in [2.45, 2.75) is 57.2 Å². The summed E-state index contributed by atoms with van der Waals surface area (Å²) >= 11 is 0. The normalized spacial score (nSPS) is 27.3. The van der Waals surface area contributed by atoms with Gasteiger partial charge >= 0.3 is 0 Å². The van der Waals surface area contributed by atoms with Crippen molar-refractivity contribution in [2.24, 2.45) is 0 Å². The molecule has 2 aliphatic heterocycles. The van der Waals surface area contributed by atoms with Crippen LogP contribution in [0, 0.1) is 12.7 Å². The molecule has 2 heteroatoms. The molecule has 0 spiro atoms. The van der Waals surface area contributed by atoms with Gasteiger partial charge in [0.2, 0.25) is 0 Å². The van der Waals surface area contributed by atoms with E-state index in [2.05, 4.69) is 36.1 Å². The molecule has 4 rings (SSSR count). The minimum atomic E-state index is -0.0624. The van der Waals surface area contributed by atoms with Gasteiger partial charge in [-0.2, -0.15) is 0 Å². The third-order valence-electron chi connectivity index (χ3n) is 5.74. The van der Waals surface area contributed by atoms with Crippen molar-refractivity contribution in [3.8, 4) is 0 Å². The van der Waals surface area contributed by atoms with Gasteiger partial charge in [-0.1, -0.05) is 48.0 Å². The molecule has 0 radical (unpaired) electrons. The van der Waals surface area contributed by atoms with Crippen LogP contribution < -0.4 is 0 Å². The Morgan fingerprint density at radius 1 is 0.957 bits per heavy atom. The second-order valence-corrected chi connectivity index (χ2v) is 7.23. The maximum Gasteiger partial charge on any atom is 0.127 e. The van der Waals surface area contributed by atoms with Crippen molar-refractivity contribution >= 4 is 0 Å². The topological polar surface area (TPSA) is 3.24 Å². The molecular weight excluding hydrogens is 285 g/mol. The van der Waals surface area contributed by atoms with Gasteiger partial charge in [-0.3, -0.25) is 4.90 Å². The summed E-state index contributed by atoms with van der Waals surface area (Å²) in [6.45, 7) is 2.91. The highest BCUT2D eigenvalue weighted by Crippen LogP contribution is 2.43. The molecule has 0 aliphatic carbocycles. The van der Waals surface area contributed by atoms with Crippen LogP contribution in [-0.2, 0) is 6.54 Å². The maximum absolute atomic E-state index is 14.0. The summed E-state index contributed by atoms with van der Waals surface area (Å²) in [6, 6.07) is 17.5. The van der Waals surface area contributed by atoms with Crippen LogP contribution in [0.3, 0.4) is 0 Å². The lowest BCUT2D eigenvalue weighted by molar-refractivity contribution is 0.117. The van der Waals surface area contributed by atoms with Gasteiger partial charge in [0.15, 0.2) is 0 Å². The standard InChI is InChI=1S/C21H24FN/c1-15-6-8-16(9-7-15)18-12-19-10-11-20(13-18)23(19)14-17-4-2-3-5-21(17)22/h2-9,18-20H,10-14H2,1H3/t18?,19-,20+. The first-order valence-electron chi connectivity index (χ1n) is 8.76. The molecule has 1 unspecified atom stereocenters. The highest BCUT2D eigenvalue weighted by Gasteiger charge is 2.41. The van der Waals surface area contributed by atoms with Crippen molar-refractivity contribution in [1.29, 1.82) is 0 Å². The molecule has 2 aromatic carbocycles. The second kappa shape index (κ2) is 6.09. The van der Waals surface area contributed by atoms with E-state index >= 15 is 0 Å². The van der Waals surface area contributed by atoms with Gasteiger partial charge in [-0.05, 0) is 50.2 Å². The van der Waals surface area contributed by atoms with E-state index in [-0.39, 0.29) is 5.82 Å². The fraction of sp³-hybridized carbons (Fsp3) is 0.429. The van der Waals surface area contributed by atoms with E-state index in [0.717, 1.165) is 12.1 Å². The Balaban J connectivity index is 1.50. The van der Waals surface area contributed by atoms with Gasteiger partial charge in [-0.15, -0.1) is 0 Å². The number of halogens is 1. The van der Waals surface area contributed by atoms with E-state index in [0.29, 0.717) is 18.0 Å². The van der Waals surface area contributed by atoms with Gasteiger partial charge in [0.25, 0.3) is 0 Å². The molecule has 2 saturated heterocycles. The van der Waals surface area contributed by atoms with Gasteiger partial charge < -0.3 is 0 Å². The summed E-state index contributed by atoms with van der Waals surface area (Å²) < 4.78 is 14.0. The summed E-state index contributed by atoms with van der Waals surface area (Å²) in [4.78, 5) is 2.56. The minimum Gasteiger partial charge on any atom is -0.293 e. The van der Waals surface area contributed by atoms with E-state index in [9.17, 15) is 4.39 Å². The van der Waals surface area contributed by atoms with Crippen LogP contribution in [0.5, 0.6) is 0 Å². The van der Waals surface area contributed by atoms with Crippen molar-refractivity contribution in [3.63, 3.8) is 0 Å². The molecule has 120 valence electrons. The van der Waals surface area contributed by atoms with Gasteiger partial charge in [-0.25, -0.2) is 4.39 Å². The average Bonchev–Trinajstić information content (AvgIpc) is 2.79. The molecule has 23 heavy (non-hydrogen) atoms. The van der Waals surface area contributed by atoms with Crippen LogP contribution in [-0.4, -0.2) is 17.0 Å². The second-order valence-electron chi connectivity index (χ2n) is 7.23. The summed E-state index contributed by atoms with van der Waals surface area (Å²) in [5.41, 5.74) is 3.66. The average molecular weight is 309 g/mol. The maximum atomic E-state index is 14.0. The first-order valence-corrected chi connectivity index (χ1v) is 8.76. The monoisotopic (exact) mass is 309 g/mol. The number of aryl methyl sites for hydroxylation is 1. The Morgan fingerprint density at radius 2 is 1.61 bits per heavy atom. The minimum absolute atomic E-state index is 0.0624. The molecule has 0 amide bonds. The number of hydrogen-bond donors (Lipinski definition) is 0. The van der Waals surface area contributed by atoms with Crippen molar-refractivity contribution in [2.75, 3.05) is 0 Å². The zero-order valence-electron chi connectivity index (χ0n) is 13.7. The summed E-state index contributed by atoms with van der Waals surface area (Å²) in [7, 11) is 0. The Bertz CT molecular complexity index is 664. The quantitative estimate of drug-likeness (QED) is 0.767. The summed E-state index contributed by atoms with van der Waals surface area (Å²) in [5, 5.41) is 0. The third-order valence-corrected chi connectivity index (χ3v) is 5.74. The fourth-order valence-corrected chi connectivity index (χ4v) is 4.47.